The molecule has 0 spiro atoms. The Morgan fingerprint density at radius 1 is 1.22 bits per heavy atom. The van der Waals surface area contributed by atoms with E-state index < -0.39 is 0 Å². The van der Waals surface area contributed by atoms with Gasteiger partial charge in [0.2, 0.25) is 5.13 Å². The Hall–Kier alpha value is -2.61. The Morgan fingerprint density at radius 2 is 2.00 bits per heavy atom. The Labute approximate surface area is 137 Å². The fourth-order valence-corrected chi connectivity index (χ4v) is 2.67. The monoisotopic (exact) mass is 328 g/mol. The molecule has 2 aromatic heterocycles. The fraction of sp³-hybridized carbons (Fsp3) is 0.267. The average Bonchev–Trinajstić information content (AvgIpc) is 3.18. The molecule has 0 radical (unpaired) electrons. The molecule has 3 rings (SSSR count). The minimum atomic E-state index is -0.337. The zero-order chi connectivity index (χ0) is 16.2. The van der Waals surface area contributed by atoms with E-state index in [4.69, 9.17) is 0 Å². The molecule has 0 unspecified atom stereocenters. The Bertz CT molecular complexity index is 795. The minimum Gasteiger partial charge on any atom is -0.295 e. The van der Waals surface area contributed by atoms with Crippen LogP contribution in [0.25, 0.3) is 0 Å². The highest BCUT2D eigenvalue weighted by Crippen LogP contribution is 2.22. The van der Waals surface area contributed by atoms with Crippen molar-refractivity contribution in [2.24, 2.45) is 0 Å². The van der Waals surface area contributed by atoms with E-state index in [2.05, 4.69) is 25.8 Å². The van der Waals surface area contributed by atoms with Crippen LogP contribution in [0.4, 0.5) is 5.13 Å². The fourth-order valence-electron chi connectivity index (χ4n) is 1.93. The molecule has 0 aliphatic rings. The third kappa shape index (κ3) is 3.78. The second kappa shape index (κ2) is 6.66. The summed E-state index contributed by atoms with van der Waals surface area (Å²) in [4.78, 5) is 12.2. The summed E-state index contributed by atoms with van der Waals surface area (Å²) >= 11 is 1.36. The van der Waals surface area contributed by atoms with Gasteiger partial charge >= 0.3 is 0 Å². The molecule has 0 saturated heterocycles. The van der Waals surface area contributed by atoms with Gasteiger partial charge in [-0.1, -0.05) is 60.7 Å². The molecular weight excluding hydrogens is 312 g/mol. The first kappa shape index (κ1) is 15.3. The summed E-state index contributed by atoms with van der Waals surface area (Å²) in [5.41, 5.74) is 1.34. The maximum Gasteiger partial charge on any atom is 0.279 e. The minimum absolute atomic E-state index is 0.252. The molecule has 0 aliphatic heterocycles. The van der Waals surface area contributed by atoms with Crippen molar-refractivity contribution in [1.82, 2.24) is 25.2 Å². The Balaban J connectivity index is 1.66. The topological polar surface area (TPSA) is 85.6 Å². The van der Waals surface area contributed by atoms with Crippen molar-refractivity contribution >= 4 is 22.4 Å². The molecule has 0 fully saturated rings. The molecule has 1 aromatic carbocycles. The lowest BCUT2D eigenvalue weighted by molar-refractivity contribution is 0.102. The molecule has 3 aromatic rings. The van der Waals surface area contributed by atoms with Gasteiger partial charge in [0.15, 0.2) is 5.69 Å². The van der Waals surface area contributed by atoms with Gasteiger partial charge in [0.1, 0.15) is 5.01 Å². The lowest BCUT2D eigenvalue weighted by atomic mass is 10.2. The zero-order valence-electron chi connectivity index (χ0n) is 12.8. The summed E-state index contributed by atoms with van der Waals surface area (Å²) in [7, 11) is 0. The lowest BCUT2D eigenvalue weighted by Crippen LogP contribution is -2.12. The van der Waals surface area contributed by atoms with Crippen LogP contribution in [0.15, 0.2) is 36.5 Å². The van der Waals surface area contributed by atoms with Gasteiger partial charge in [-0.15, -0.1) is 15.3 Å². The highest BCUT2D eigenvalue weighted by Gasteiger charge is 2.14. The van der Waals surface area contributed by atoms with E-state index in [1.54, 1.807) is 10.9 Å². The van der Waals surface area contributed by atoms with E-state index in [9.17, 15) is 4.79 Å². The largest absolute Gasteiger partial charge is 0.295 e. The van der Waals surface area contributed by atoms with Gasteiger partial charge in [0, 0.05) is 5.92 Å². The smallest absolute Gasteiger partial charge is 0.279 e. The molecule has 23 heavy (non-hydrogen) atoms. The van der Waals surface area contributed by atoms with Crippen LogP contribution in [-0.2, 0) is 6.54 Å². The highest BCUT2D eigenvalue weighted by atomic mass is 32.1. The molecule has 0 aliphatic carbocycles. The first-order valence-corrected chi connectivity index (χ1v) is 8.02. The number of hydrogen-bond acceptors (Lipinski definition) is 6. The number of anilines is 1. The molecule has 8 heteroatoms. The number of carbonyl (C=O) groups excluding carboxylic acids is 1. The van der Waals surface area contributed by atoms with E-state index >= 15 is 0 Å². The zero-order valence-corrected chi connectivity index (χ0v) is 13.6. The Kier molecular flexibility index (Phi) is 4.42. The van der Waals surface area contributed by atoms with Gasteiger partial charge in [-0.2, -0.15) is 0 Å². The second-order valence-electron chi connectivity index (χ2n) is 5.34. The predicted molar refractivity (Wildman–Crippen MR) is 87.5 cm³/mol. The van der Waals surface area contributed by atoms with Crippen molar-refractivity contribution in [1.29, 1.82) is 0 Å². The number of amides is 1. The van der Waals surface area contributed by atoms with Gasteiger partial charge in [-0.25, -0.2) is 4.68 Å². The maximum absolute atomic E-state index is 12.2. The molecule has 0 bridgehead atoms. The summed E-state index contributed by atoms with van der Waals surface area (Å²) in [5, 5.41) is 19.9. The maximum atomic E-state index is 12.2. The molecule has 0 atom stereocenters. The van der Waals surface area contributed by atoms with Crippen LogP contribution in [-0.4, -0.2) is 31.1 Å². The standard InChI is InChI=1S/C15H16N6OS/c1-10(2)14-18-19-15(23-14)16-13(22)12-9-21(20-17-12)8-11-6-4-3-5-7-11/h3-7,9-10H,8H2,1-2H3,(H,16,19,22). The summed E-state index contributed by atoms with van der Waals surface area (Å²) in [6, 6.07) is 9.87. The molecule has 7 nitrogen and oxygen atoms in total. The van der Waals surface area contributed by atoms with Crippen LogP contribution < -0.4 is 5.32 Å². The van der Waals surface area contributed by atoms with Crippen LogP contribution in [0.5, 0.6) is 0 Å². The van der Waals surface area contributed by atoms with Crippen molar-refractivity contribution < 1.29 is 4.79 Å². The number of nitrogens with zero attached hydrogens (tertiary/aromatic N) is 5. The quantitative estimate of drug-likeness (QED) is 0.778. The van der Waals surface area contributed by atoms with Crippen LogP contribution in [0, 0.1) is 0 Å². The first-order valence-electron chi connectivity index (χ1n) is 7.20. The van der Waals surface area contributed by atoms with Crippen molar-refractivity contribution in [3.8, 4) is 0 Å². The predicted octanol–water partition coefficient (Wildman–Crippen LogP) is 2.55. The third-order valence-corrected chi connectivity index (χ3v) is 4.25. The summed E-state index contributed by atoms with van der Waals surface area (Å²) < 4.78 is 1.63. The van der Waals surface area contributed by atoms with E-state index in [1.165, 1.54) is 11.3 Å². The average molecular weight is 328 g/mol. The SMILES string of the molecule is CC(C)c1nnc(NC(=O)c2cn(Cc3ccccc3)nn2)s1. The normalized spacial score (nSPS) is 10.9. The molecular formula is C15H16N6OS. The third-order valence-electron chi connectivity index (χ3n) is 3.11. The van der Waals surface area contributed by atoms with Crippen LogP contribution in [0.2, 0.25) is 0 Å². The van der Waals surface area contributed by atoms with E-state index in [-0.39, 0.29) is 17.5 Å². The summed E-state index contributed by atoms with van der Waals surface area (Å²) in [6.07, 6.45) is 1.62. The van der Waals surface area contributed by atoms with Crippen LogP contribution in [0.3, 0.4) is 0 Å². The summed E-state index contributed by atoms with van der Waals surface area (Å²) in [5.74, 6) is -0.0549. The van der Waals surface area contributed by atoms with Crippen LogP contribution >= 0.6 is 11.3 Å². The van der Waals surface area contributed by atoms with Gasteiger partial charge in [0.25, 0.3) is 5.91 Å². The van der Waals surface area contributed by atoms with E-state index in [1.807, 2.05) is 44.2 Å². The van der Waals surface area contributed by atoms with Gasteiger partial charge in [-0.3, -0.25) is 10.1 Å². The highest BCUT2D eigenvalue weighted by molar-refractivity contribution is 7.15. The van der Waals surface area contributed by atoms with Crippen molar-refractivity contribution in [2.75, 3.05) is 5.32 Å². The molecule has 1 N–H and O–H groups in total. The number of aromatic nitrogens is 5. The van der Waals surface area contributed by atoms with Gasteiger partial charge < -0.3 is 0 Å². The van der Waals surface area contributed by atoms with Crippen molar-refractivity contribution in [2.45, 2.75) is 26.3 Å². The van der Waals surface area contributed by atoms with Crippen molar-refractivity contribution in [3.05, 3.63) is 52.8 Å². The number of benzene rings is 1. The number of nitrogens with one attached hydrogen (secondary N) is 1. The van der Waals surface area contributed by atoms with Crippen molar-refractivity contribution in [3.63, 3.8) is 0 Å². The second-order valence-corrected chi connectivity index (χ2v) is 6.35. The molecule has 0 saturated carbocycles. The van der Waals surface area contributed by atoms with Crippen LogP contribution in [0.1, 0.15) is 40.8 Å². The van der Waals surface area contributed by atoms with E-state index in [0.717, 1.165) is 10.6 Å². The number of carbonyl (C=O) groups is 1. The van der Waals surface area contributed by atoms with Gasteiger partial charge in [-0.05, 0) is 5.56 Å². The Morgan fingerprint density at radius 3 is 2.70 bits per heavy atom. The molecule has 118 valence electrons. The lowest BCUT2D eigenvalue weighted by Gasteiger charge is -1.99. The number of rotatable bonds is 5. The first-order chi connectivity index (χ1) is 11.1. The van der Waals surface area contributed by atoms with E-state index in [0.29, 0.717) is 11.7 Å². The molecule has 1 amide bonds. The van der Waals surface area contributed by atoms with Gasteiger partial charge in [0.05, 0.1) is 12.7 Å². The molecule has 2 heterocycles. The summed E-state index contributed by atoms with van der Waals surface area (Å²) in [6.45, 7) is 4.62. The number of hydrogen-bond donors (Lipinski definition) is 1.